The fourth-order valence-corrected chi connectivity index (χ4v) is 3.59. The lowest BCUT2D eigenvalue weighted by Gasteiger charge is -2.19. The first-order valence-electron chi connectivity index (χ1n) is 8.46. The van der Waals surface area contributed by atoms with E-state index in [1.54, 1.807) is 11.8 Å². The summed E-state index contributed by atoms with van der Waals surface area (Å²) in [5, 5.41) is 3.06. The highest BCUT2D eigenvalue weighted by Crippen LogP contribution is 2.28. The van der Waals surface area contributed by atoms with Gasteiger partial charge in [0.1, 0.15) is 0 Å². The van der Waals surface area contributed by atoms with Crippen LogP contribution in [0.4, 0.5) is 5.69 Å². The average molecular weight is 342 g/mol. The number of amides is 1. The van der Waals surface area contributed by atoms with Gasteiger partial charge in [-0.25, -0.2) is 0 Å². The van der Waals surface area contributed by atoms with Crippen LogP contribution < -0.4 is 5.32 Å². The fourth-order valence-electron chi connectivity index (χ4n) is 2.63. The van der Waals surface area contributed by atoms with Gasteiger partial charge < -0.3 is 5.32 Å². The van der Waals surface area contributed by atoms with Gasteiger partial charge in [0, 0.05) is 11.4 Å². The molecule has 0 aliphatic carbocycles. The van der Waals surface area contributed by atoms with Crippen molar-refractivity contribution in [2.75, 3.05) is 5.32 Å². The molecule has 2 rings (SSSR count). The Bertz CT molecular complexity index is 709. The third-order valence-corrected chi connectivity index (χ3v) is 5.49. The van der Waals surface area contributed by atoms with Crippen molar-refractivity contribution in [1.29, 1.82) is 0 Å². The monoisotopic (exact) mass is 341 g/mol. The molecule has 0 aliphatic heterocycles. The second-order valence-corrected chi connectivity index (χ2v) is 7.89. The van der Waals surface area contributed by atoms with Crippen molar-refractivity contribution >= 4 is 23.4 Å². The van der Waals surface area contributed by atoms with Crippen molar-refractivity contribution in [3.8, 4) is 0 Å². The number of hydrogen-bond acceptors (Lipinski definition) is 2. The normalized spacial score (nSPS) is 12.2. The van der Waals surface area contributed by atoms with Gasteiger partial charge >= 0.3 is 0 Å². The number of carbonyl (C=O) groups is 1. The Morgan fingerprint density at radius 1 is 1.00 bits per heavy atom. The van der Waals surface area contributed by atoms with Gasteiger partial charge in [-0.05, 0) is 48.9 Å². The van der Waals surface area contributed by atoms with E-state index in [1.165, 1.54) is 16.7 Å². The molecular formula is C21H27NOS. The highest BCUT2D eigenvalue weighted by atomic mass is 32.2. The van der Waals surface area contributed by atoms with Gasteiger partial charge in [-0.1, -0.05) is 56.3 Å². The molecule has 2 aromatic carbocycles. The van der Waals surface area contributed by atoms with Crippen molar-refractivity contribution in [2.24, 2.45) is 0 Å². The Labute approximate surface area is 150 Å². The Hall–Kier alpha value is -1.74. The van der Waals surface area contributed by atoms with Gasteiger partial charge in [0.15, 0.2) is 0 Å². The maximum absolute atomic E-state index is 12.6. The first-order chi connectivity index (χ1) is 11.4. The molecule has 0 spiro atoms. The zero-order valence-electron chi connectivity index (χ0n) is 15.2. The summed E-state index contributed by atoms with van der Waals surface area (Å²) in [4.78, 5) is 12.6. The van der Waals surface area contributed by atoms with E-state index in [2.05, 4.69) is 56.4 Å². The molecule has 1 atom stereocenters. The van der Waals surface area contributed by atoms with Crippen molar-refractivity contribution < 1.29 is 4.79 Å². The smallest absolute Gasteiger partial charge is 0.237 e. The maximum atomic E-state index is 12.6. The highest BCUT2D eigenvalue weighted by Gasteiger charge is 2.17. The number of nitrogens with one attached hydrogen (secondary N) is 1. The minimum Gasteiger partial charge on any atom is -0.325 e. The molecule has 0 saturated heterocycles. The average Bonchev–Trinajstić information content (AvgIpc) is 2.55. The first kappa shape index (κ1) is 18.6. The van der Waals surface area contributed by atoms with Crippen LogP contribution in [-0.2, 0) is 10.5 Å². The van der Waals surface area contributed by atoms with E-state index in [0.29, 0.717) is 5.92 Å². The molecule has 1 unspecified atom stereocenters. The van der Waals surface area contributed by atoms with Gasteiger partial charge in [-0.15, -0.1) is 11.8 Å². The van der Waals surface area contributed by atoms with Crippen LogP contribution in [-0.4, -0.2) is 11.2 Å². The third kappa shape index (κ3) is 4.64. The summed E-state index contributed by atoms with van der Waals surface area (Å²) in [5.41, 5.74) is 5.85. The molecule has 24 heavy (non-hydrogen) atoms. The van der Waals surface area contributed by atoms with Gasteiger partial charge in [0.05, 0.1) is 5.25 Å². The molecule has 0 saturated carbocycles. The molecule has 0 radical (unpaired) electrons. The zero-order valence-corrected chi connectivity index (χ0v) is 16.0. The second kappa shape index (κ2) is 8.39. The Balaban J connectivity index is 2.03. The number of carbonyl (C=O) groups excluding carboxylic acids is 1. The number of hydrogen-bond donors (Lipinski definition) is 1. The van der Waals surface area contributed by atoms with E-state index < -0.39 is 0 Å². The number of anilines is 1. The van der Waals surface area contributed by atoms with Crippen molar-refractivity contribution in [3.63, 3.8) is 0 Å². The van der Waals surface area contributed by atoms with Crippen molar-refractivity contribution in [3.05, 3.63) is 64.7 Å². The molecular weight excluding hydrogens is 314 g/mol. The van der Waals surface area contributed by atoms with Gasteiger partial charge in [-0.2, -0.15) is 0 Å². The lowest BCUT2D eigenvalue weighted by Crippen LogP contribution is -2.24. The molecule has 1 N–H and O–H groups in total. The molecule has 0 aliphatic rings. The number of para-hydroxylation sites is 1. The maximum Gasteiger partial charge on any atom is 0.237 e. The van der Waals surface area contributed by atoms with Gasteiger partial charge in [-0.3, -0.25) is 4.79 Å². The quantitative estimate of drug-likeness (QED) is 0.731. The summed E-state index contributed by atoms with van der Waals surface area (Å²) in [6.45, 7) is 10.4. The van der Waals surface area contributed by atoms with E-state index in [4.69, 9.17) is 0 Å². The van der Waals surface area contributed by atoms with Gasteiger partial charge in [0.2, 0.25) is 5.91 Å². The Kier molecular flexibility index (Phi) is 6.50. The summed E-state index contributed by atoms with van der Waals surface area (Å²) < 4.78 is 0. The van der Waals surface area contributed by atoms with E-state index in [1.807, 2.05) is 26.0 Å². The Morgan fingerprint density at radius 2 is 1.67 bits per heavy atom. The van der Waals surface area contributed by atoms with Crippen LogP contribution in [0.2, 0.25) is 0 Å². The van der Waals surface area contributed by atoms with E-state index in [0.717, 1.165) is 17.0 Å². The lowest BCUT2D eigenvalue weighted by atomic mass is 9.98. The molecule has 0 bridgehead atoms. The Morgan fingerprint density at radius 3 is 2.33 bits per heavy atom. The molecule has 0 fully saturated rings. The molecule has 2 nitrogen and oxygen atoms in total. The zero-order chi connectivity index (χ0) is 17.7. The molecule has 0 heterocycles. The van der Waals surface area contributed by atoms with Crippen LogP contribution in [0.1, 0.15) is 48.9 Å². The summed E-state index contributed by atoms with van der Waals surface area (Å²) in [7, 11) is 0. The van der Waals surface area contributed by atoms with Crippen molar-refractivity contribution in [1.82, 2.24) is 0 Å². The van der Waals surface area contributed by atoms with E-state index in [-0.39, 0.29) is 11.2 Å². The SMILES string of the molecule is Cc1ccccc1CSC(C)C(=O)Nc1c(C)cccc1C(C)C. The van der Waals surface area contributed by atoms with Crippen LogP contribution >= 0.6 is 11.8 Å². The van der Waals surface area contributed by atoms with Crippen LogP contribution in [0.3, 0.4) is 0 Å². The predicted octanol–water partition coefficient (Wildman–Crippen LogP) is 5.69. The molecule has 128 valence electrons. The number of thioether (sulfide) groups is 1. The molecule has 3 heteroatoms. The summed E-state index contributed by atoms with van der Waals surface area (Å²) >= 11 is 1.68. The molecule has 0 aromatic heterocycles. The molecule has 2 aromatic rings. The summed E-state index contributed by atoms with van der Waals surface area (Å²) in [6, 6.07) is 14.5. The van der Waals surface area contributed by atoms with Crippen LogP contribution in [0.25, 0.3) is 0 Å². The molecule has 1 amide bonds. The van der Waals surface area contributed by atoms with E-state index in [9.17, 15) is 4.79 Å². The first-order valence-corrected chi connectivity index (χ1v) is 9.51. The van der Waals surface area contributed by atoms with Crippen LogP contribution in [0, 0.1) is 13.8 Å². The number of rotatable bonds is 6. The minimum atomic E-state index is -0.0933. The van der Waals surface area contributed by atoms with E-state index >= 15 is 0 Å². The summed E-state index contributed by atoms with van der Waals surface area (Å²) in [6.07, 6.45) is 0. The van der Waals surface area contributed by atoms with Gasteiger partial charge in [0.25, 0.3) is 0 Å². The van der Waals surface area contributed by atoms with Crippen LogP contribution in [0.5, 0.6) is 0 Å². The standard InChI is InChI=1S/C21H27NOS/c1-14(2)19-12-8-10-16(4)20(19)22-21(23)17(5)24-13-18-11-7-6-9-15(18)3/h6-12,14,17H,13H2,1-5H3,(H,22,23). The summed E-state index contributed by atoms with van der Waals surface area (Å²) in [5.74, 6) is 1.31. The lowest BCUT2D eigenvalue weighted by molar-refractivity contribution is -0.115. The topological polar surface area (TPSA) is 29.1 Å². The minimum absolute atomic E-state index is 0.0739. The van der Waals surface area contributed by atoms with Crippen LogP contribution in [0.15, 0.2) is 42.5 Å². The largest absolute Gasteiger partial charge is 0.325 e. The highest BCUT2D eigenvalue weighted by molar-refractivity contribution is 7.99. The number of benzene rings is 2. The predicted molar refractivity (Wildman–Crippen MR) is 106 cm³/mol. The van der Waals surface area contributed by atoms with Crippen molar-refractivity contribution in [2.45, 2.75) is 51.5 Å². The third-order valence-electron chi connectivity index (χ3n) is 4.29. The fraction of sp³-hybridized carbons (Fsp3) is 0.381. The number of aryl methyl sites for hydroxylation is 2. The second-order valence-electron chi connectivity index (χ2n) is 6.56.